The highest BCUT2D eigenvalue weighted by atomic mass is 15.3. The van der Waals surface area contributed by atoms with E-state index in [9.17, 15) is 0 Å². The van der Waals surface area contributed by atoms with Crippen LogP contribution in [0.1, 0.15) is 13.8 Å². The van der Waals surface area contributed by atoms with E-state index in [-0.39, 0.29) is 0 Å². The number of hydrogen-bond donors (Lipinski definition) is 2. The number of guanidine groups is 1. The molecule has 2 aliphatic rings. The maximum atomic E-state index is 4.30. The third kappa shape index (κ3) is 1.94. The lowest BCUT2D eigenvalue weighted by Gasteiger charge is -2.42. The molecule has 1 saturated heterocycles. The minimum atomic E-state index is 0.603. The van der Waals surface area contributed by atoms with Crippen molar-refractivity contribution < 1.29 is 0 Å². The van der Waals surface area contributed by atoms with E-state index in [1.54, 1.807) is 0 Å². The Balaban J connectivity index is 1.69. The largest absolute Gasteiger partial charge is 0.355 e. The van der Waals surface area contributed by atoms with Crippen molar-refractivity contribution in [1.29, 1.82) is 0 Å². The summed E-state index contributed by atoms with van der Waals surface area (Å²) < 4.78 is 0. The highest BCUT2D eigenvalue weighted by molar-refractivity contribution is 5.81. The van der Waals surface area contributed by atoms with Crippen LogP contribution in [0.2, 0.25) is 0 Å². The summed E-state index contributed by atoms with van der Waals surface area (Å²) in [5.41, 5.74) is 0. The van der Waals surface area contributed by atoms with Gasteiger partial charge in [-0.1, -0.05) is 0 Å². The second-order valence-electron chi connectivity index (χ2n) is 4.05. The normalized spacial score (nSPS) is 24.1. The van der Waals surface area contributed by atoms with Crippen LogP contribution in [-0.4, -0.2) is 49.1 Å². The van der Waals surface area contributed by atoms with Gasteiger partial charge in [0.15, 0.2) is 5.96 Å². The van der Waals surface area contributed by atoms with Gasteiger partial charge in [-0.25, -0.2) is 0 Å². The number of nitrogens with one attached hydrogen (secondary N) is 2. The Morgan fingerprint density at radius 2 is 2.31 bits per heavy atom. The zero-order chi connectivity index (χ0) is 9.26. The molecule has 0 saturated carbocycles. The number of hydrogen-bond acceptors (Lipinski definition) is 4. The highest BCUT2D eigenvalue weighted by Crippen LogP contribution is 2.11. The second kappa shape index (κ2) is 3.54. The second-order valence-corrected chi connectivity index (χ2v) is 4.05. The standard InChI is InChI=1S/C9H18N4/c1-7(2)13-5-8(6-13)12-9-10-3-4-11-9/h7-8H,3-6H2,1-2H3,(H2,10,11,12). The monoisotopic (exact) mass is 182 g/mol. The molecule has 0 radical (unpaired) electrons. The van der Waals surface area contributed by atoms with Crippen molar-refractivity contribution in [3.63, 3.8) is 0 Å². The van der Waals surface area contributed by atoms with Crippen molar-refractivity contribution in [1.82, 2.24) is 15.5 Å². The lowest BCUT2D eigenvalue weighted by atomic mass is 10.1. The molecule has 0 atom stereocenters. The predicted octanol–water partition coefficient (Wildman–Crippen LogP) is -0.372. The molecule has 1 fully saturated rings. The summed E-state index contributed by atoms with van der Waals surface area (Å²) in [6.07, 6.45) is 0. The molecule has 2 aliphatic heterocycles. The van der Waals surface area contributed by atoms with E-state index in [1.165, 1.54) is 0 Å². The summed E-state index contributed by atoms with van der Waals surface area (Å²) in [5.74, 6) is 0.994. The van der Waals surface area contributed by atoms with Gasteiger partial charge in [-0.3, -0.25) is 9.89 Å². The summed E-state index contributed by atoms with van der Waals surface area (Å²) in [6.45, 7) is 8.69. The van der Waals surface area contributed by atoms with Gasteiger partial charge in [0.2, 0.25) is 0 Å². The van der Waals surface area contributed by atoms with Crippen LogP contribution < -0.4 is 10.6 Å². The Bertz CT molecular complexity index is 206. The van der Waals surface area contributed by atoms with Crippen LogP contribution in [0, 0.1) is 0 Å². The molecule has 0 aliphatic carbocycles. The predicted molar refractivity (Wildman–Crippen MR) is 53.9 cm³/mol. The Hall–Kier alpha value is -0.770. The maximum absolute atomic E-state index is 4.30. The van der Waals surface area contributed by atoms with Gasteiger partial charge in [0.05, 0.1) is 12.6 Å². The molecular weight excluding hydrogens is 164 g/mol. The first-order valence-corrected chi connectivity index (χ1v) is 5.04. The Labute approximate surface area is 79.4 Å². The average molecular weight is 182 g/mol. The lowest BCUT2D eigenvalue weighted by Crippen LogP contribution is -2.62. The molecule has 0 amide bonds. The van der Waals surface area contributed by atoms with Gasteiger partial charge in [-0.05, 0) is 13.8 Å². The van der Waals surface area contributed by atoms with Gasteiger partial charge in [-0.15, -0.1) is 0 Å². The first kappa shape index (κ1) is 8.81. The summed E-state index contributed by atoms with van der Waals surface area (Å²) in [5, 5.41) is 6.62. The molecule has 2 rings (SSSR count). The highest BCUT2D eigenvalue weighted by Gasteiger charge is 2.29. The number of rotatable bonds is 2. The summed E-state index contributed by atoms with van der Waals surface area (Å²) in [7, 11) is 0. The van der Waals surface area contributed by atoms with Crippen LogP contribution in [0.15, 0.2) is 4.99 Å². The molecule has 2 heterocycles. The van der Waals surface area contributed by atoms with Gasteiger partial charge in [-0.2, -0.15) is 0 Å². The Morgan fingerprint density at radius 3 is 2.85 bits per heavy atom. The zero-order valence-corrected chi connectivity index (χ0v) is 8.38. The van der Waals surface area contributed by atoms with Crippen LogP contribution in [0.25, 0.3) is 0 Å². The quantitative estimate of drug-likeness (QED) is 0.612. The molecule has 13 heavy (non-hydrogen) atoms. The Morgan fingerprint density at radius 1 is 1.54 bits per heavy atom. The van der Waals surface area contributed by atoms with Crippen LogP contribution in [0.4, 0.5) is 0 Å². The van der Waals surface area contributed by atoms with Crippen molar-refractivity contribution in [3.05, 3.63) is 0 Å². The first-order valence-electron chi connectivity index (χ1n) is 5.04. The summed E-state index contributed by atoms with van der Waals surface area (Å²) in [4.78, 5) is 6.75. The zero-order valence-electron chi connectivity index (χ0n) is 8.38. The summed E-state index contributed by atoms with van der Waals surface area (Å²) >= 11 is 0. The van der Waals surface area contributed by atoms with E-state index in [2.05, 4.69) is 34.4 Å². The fourth-order valence-electron chi connectivity index (χ4n) is 1.71. The van der Waals surface area contributed by atoms with E-state index >= 15 is 0 Å². The van der Waals surface area contributed by atoms with Crippen molar-refractivity contribution in [2.75, 3.05) is 26.2 Å². The molecule has 2 N–H and O–H groups in total. The van der Waals surface area contributed by atoms with Gasteiger partial charge >= 0.3 is 0 Å². The summed E-state index contributed by atoms with van der Waals surface area (Å²) in [6, 6.07) is 1.28. The van der Waals surface area contributed by atoms with Crippen molar-refractivity contribution in [2.45, 2.75) is 25.9 Å². The molecule has 4 nitrogen and oxygen atoms in total. The van der Waals surface area contributed by atoms with Crippen LogP contribution >= 0.6 is 0 Å². The van der Waals surface area contributed by atoms with E-state index < -0.39 is 0 Å². The molecular formula is C9H18N4. The number of nitrogens with zero attached hydrogens (tertiary/aromatic N) is 2. The van der Waals surface area contributed by atoms with Crippen molar-refractivity contribution in [2.24, 2.45) is 4.99 Å². The van der Waals surface area contributed by atoms with Crippen LogP contribution in [-0.2, 0) is 0 Å². The van der Waals surface area contributed by atoms with Crippen molar-refractivity contribution >= 4 is 5.96 Å². The Kier molecular flexibility index (Phi) is 2.40. The van der Waals surface area contributed by atoms with Crippen molar-refractivity contribution in [3.8, 4) is 0 Å². The average Bonchev–Trinajstić information content (AvgIpc) is 2.46. The lowest BCUT2D eigenvalue weighted by molar-refractivity contribution is 0.102. The van der Waals surface area contributed by atoms with Gasteiger partial charge in [0.25, 0.3) is 0 Å². The molecule has 74 valence electrons. The fourth-order valence-corrected chi connectivity index (χ4v) is 1.71. The minimum absolute atomic E-state index is 0.603. The molecule has 0 unspecified atom stereocenters. The van der Waals surface area contributed by atoms with E-state index in [1.807, 2.05) is 0 Å². The smallest absolute Gasteiger partial charge is 0.191 e. The van der Waals surface area contributed by atoms with Crippen LogP contribution in [0.5, 0.6) is 0 Å². The number of aliphatic imine (C=N–C) groups is 1. The molecule has 0 bridgehead atoms. The number of likely N-dealkylation sites (tertiary alicyclic amines) is 1. The van der Waals surface area contributed by atoms with E-state index in [0.717, 1.165) is 32.1 Å². The molecule has 0 aromatic heterocycles. The molecule has 4 heteroatoms. The minimum Gasteiger partial charge on any atom is -0.355 e. The van der Waals surface area contributed by atoms with E-state index in [4.69, 9.17) is 0 Å². The van der Waals surface area contributed by atoms with Gasteiger partial charge in [0, 0.05) is 25.7 Å². The third-order valence-corrected chi connectivity index (χ3v) is 2.66. The molecule has 0 aromatic rings. The fraction of sp³-hybridized carbons (Fsp3) is 0.889. The van der Waals surface area contributed by atoms with E-state index in [0.29, 0.717) is 12.1 Å². The third-order valence-electron chi connectivity index (χ3n) is 2.66. The molecule has 0 spiro atoms. The topological polar surface area (TPSA) is 39.7 Å². The SMILES string of the molecule is CC(C)N1CC(NC2=NCCN2)C1. The molecule has 0 aromatic carbocycles. The van der Waals surface area contributed by atoms with Gasteiger partial charge < -0.3 is 10.6 Å². The van der Waals surface area contributed by atoms with Gasteiger partial charge in [0.1, 0.15) is 0 Å². The van der Waals surface area contributed by atoms with Crippen LogP contribution in [0.3, 0.4) is 0 Å². The first-order chi connectivity index (χ1) is 6.25. The maximum Gasteiger partial charge on any atom is 0.191 e.